The first kappa shape index (κ1) is 22.1. The van der Waals surface area contributed by atoms with Gasteiger partial charge in [0.15, 0.2) is 5.65 Å². The second-order valence-corrected chi connectivity index (χ2v) is 9.68. The number of imidazole rings is 1. The minimum absolute atomic E-state index is 0.334. The Morgan fingerprint density at radius 3 is 2.66 bits per heavy atom. The van der Waals surface area contributed by atoms with Gasteiger partial charge in [0.25, 0.3) is 6.43 Å². The standard InChI is InChI=1S/C24H28F2N8O/c1-13-29-17-4-3-16(31-22(17)34(13)10-18(25)26)15-9-28-21-19(15)20(27-2)32-23(33-21)30-14-5-7-24(8-6-14)11-35-12-24/h3-4,9,14,18H,5-8,10-12H2,1-2H3,(H3,27,28,30,32,33). The van der Waals surface area contributed by atoms with Crippen molar-refractivity contribution in [1.82, 2.24) is 29.5 Å². The van der Waals surface area contributed by atoms with E-state index in [1.165, 1.54) is 4.57 Å². The third-order valence-corrected chi connectivity index (χ3v) is 7.34. The maximum Gasteiger partial charge on any atom is 0.256 e. The number of nitrogens with zero attached hydrogens (tertiary/aromatic N) is 5. The number of halogens is 2. The molecule has 0 unspecified atom stereocenters. The number of alkyl halides is 2. The van der Waals surface area contributed by atoms with Crippen LogP contribution in [0.4, 0.5) is 20.5 Å². The van der Waals surface area contributed by atoms with E-state index in [-0.39, 0.29) is 0 Å². The van der Waals surface area contributed by atoms with Crippen LogP contribution in [0.5, 0.6) is 0 Å². The molecule has 2 fully saturated rings. The van der Waals surface area contributed by atoms with Crippen molar-refractivity contribution in [3.8, 4) is 11.3 Å². The third kappa shape index (κ3) is 3.87. The zero-order valence-electron chi connectivity index (χ0n) is 19.7. The molecule has 1 aliphatic carbocycles. The number of aromatic amines is 1. The number of hydrogen-bond donors (Lipinski definition) is 3. The molecule has 11 heteroatoms. The molecule has 0 amide bonds. The summed E-state index contributed by atoms with van der Waals surface area (Å²) in [6.45, 7) is 3.05. The lowest BCUT2D eigenvalue weighted by atomic mass is 9.71. The number of fused-ring (bicyclic) bond motifs is 2. The Morgan fingerprint density at radius 2 is 1.97 bits per heavy atom. The quantitative estimate of drug-likeness (QED) is 0.375. The van der Waals surface area contributed by atoms with Crippen LogP contribution in [-0.2, 0) is 11.3 Å². The molecule has 0 bridgehead atoms. The van der Waals surface area contributed by atoms with E-state index in [1.54, 1.807) is 6.92 Å². The smallest absolute Gasteiger partial charge is 0.256 e. The van der Waals surface area contributed by atoms with Crippen molar-refractivity contribution in [2.24, 2.45) is 5.41 Å². The Labute approximate surface area is 200 Å². The molecule has 0 radical (unpaired) electrons. The van der Waals surface area contributed by atoms with E-state index in [4.69, 9.17) is 19.7 Å². The summed E-state index contributed by atoms with van der Waals surface area (Å²) >= 11 is 0. The van der Waals surface area contributed by atoms with Crippen molar-refractivity contribution in [2.75, 3.05) is 30.9 Å². The third-order valence-electron chi connectivity index (χ3n) is 7.34. The molecule has 5 heterocycles. The number of pyridine rings is 1. The van der Waals surface area contributed by atoms with Gasteiger partial charge in [-0.3, -0.25) is 0 Å². The average molecular weight is 483 g/mol. The molecule has 35 heavy (non-hydrogen) atoms. The number of aromatic nitrogens is 6. The Bertz CT molecular complexity index is 1380. The van der Waals surface area contributed by atoms with Crippen molar-refractivity contribution >= 4 is 34.0 Å². The molecule has 1 saturated heterocycles. The summed E-state index contributed by atoms with van der Waals surface area (Å²) in [5, 5.41) is 7.50. The monoisotopic (exact) mass is 482 g/mol. The zero-order chi connectivity index (χ0) is 24.2. The summed E-state index contributed by atoms with van der Waals surface area (Å²) < 4.78 is 33.2. The average Bonchev–Trinajstić information content (AvgIpc) is 3.38. The van der Waals surface area contributed by atoms with Crippen molar-refractivity contribution in [2.45, 2.75) is 51.6 Å². The van der Waals surface area contributed by atoms with Crippen molar-refractivity contribution in [3.63, 3.8) is 0 Å². The fourth-order valence-electron chi connectivity index (χ4n) is 5.34. The highest BCUT2D eigenvalue weighted by atomic mass is 19.3. The second-order valence-electron chi connectivity index (χ2n) is 9.68. The van der Waals surface area contributed by atoms with Gasteiger partial charge in [-0.2, -0.15) is 9.97 Å². The van der Waals surface area contributed by atoms with Gasteiger partial charge >= 0.3 is 0 Å². The van der Waals surface area contributed by atoms with E-state index in [2.05, 4.69) is 20.6 Å². The molecular weight excluding hydrogens is 454 g/mol. The molecule has 1 saturated carbocycles. The van der Waals surface area contributed by atoms with Crippen molar-refractivity contribution in [1.29, 1.82) is 0 Å². The summed E-state index contributed by atoms with van der Waals surface area (Å²) in [5.74, 6) is 1.76. The maximum absolute atomic E-state index is 13.1. The Kier molecular flexibility index (Phi) is 5.32. The Hall–Kier alpha value is -3.34. The lowest BCUT2D eigenvalue weighted by Crippen LogP contribution is -2.47. The summed E-state index contributed by atoms with van der Waals surface area (Å²) in [4.78, 5) is 21.8. The van der Waals surface area contributed by atoms with Crippen molar-refractivity contribution in [3.05, 3.63) is 24.2 Å². The summed E-state index contributed by atoms with van der Waals surface area (Å²) in [6.07, 6.45) is 3.82. The number of rotatable bonds is 6. The van der Waals surface area contributed by atoms with Crippen LogP contribution in [0, 0.1) is 12.3 Å². The highest BCUT2D eigenvalue weighted by molar-refractivity contribution is 6.01. The summed E-state index contributed by atoms with van der Waals surface area (Å²) in [6, 6.07) is 3.99. The predicted molar refractivity (Wildman–Crippen MR) is 130 cm³/mol. The van der Waals surface area contributed by atoms with Crippen LogP contribution in [0.2, 0.25) is 0 Å². The lowest BCUT2D eigenvalue weighted by molar-refractivity contribution is -0.131. The number of anilines is 2. The largest absolute Gasteiger partial charge is 0.380 e. The lowest BCUT2D eigenvalue weighted by Gasteiger charge is -2.46. The number of H-pyrrole nitrogens is 1. The molecule has 184 valence electrons. The molecule has 2 aliphatic rings. The van der Waals surface area contributed by atoms with Crippen LogP contribution in [0.1, 0.15) is 31.5 Å². The normalized spacial score (nSPS) is 18.0. The minimum Gasteiger partial charge on any atom is -0.380 e. The molecule has 1 spiro atoms. The first-order valence-electron chi connectivity index (χ1n) is 12.0. The van der Waals surface area contributed by atoms with E-state index >= 15 is 0 Å². The molecule has 1 aliphatic heterocycles. The van der Waals surface area contributed by atoms with E-state index in [0.717, 1.165) is 49.8 Å². The van der Waals surface area contributed by atoms with Gasteiger partial charge in [0.05, 0.1) is 30.8 Å². The van der Waals surface area contributed by atoms with Gasteiger partial charge in [-0.15, -0.1) is 0 Å². The van der Waals surface area contributed by atoms with Crippen LogP contribution in [0.15, 0.2) is 18.3 Å². The Morgan fingerprint density at radius 1 is 1.17 bits per heavy atom. The fourth-order valence-corrected chi connectivity index (χ4v) is 5.34. The minimum atomic E-state index is -2.49. The Balaban J connectivity index is 1.32. The van der Waals surface area contributed by atoms with Crippen LogP contribution in [0.3, 0.4) is 0 Å². The topological polar surface area (TPSA) is 106 Å². The summed E-state index contributed by atoms with van der Waals surface area (Å²) in [5.41, 5.74) is 3.54. The van der Waals surface area contributed by atoms with E-state index < -0.39 is 13.0 Å². The SMILES string of the molecule is CNc1nc(NC2CCC3(CC2)COC3)nc2[nH]cc(-c3ccc4nc(C)n(CC(F)F)c4n3)c12. The summed E-state index contributed by atoms with van der Waals surface area (Å²) in [7, 11) is 1.82. The van der Waals surface area contributed by atoms with Gasteiger partial charge in [0.2, 0.25) is 5.95 Å². The van der Waals surface area contributed by atoms with Gasteiger partial charge in [0, 0.05) is 30.3 Å². The van der Waals surface area contributed by atoms with Gasteiger partial charge in [-0.25, -0.2) is 18.7 Å². The predicted octanol–water partition coefficient (Wildman–Crippen LogP) is 4.36. The molecule has 9 nitrogen and oxygen atoms in total. The van der Waals surface area contributed by atoms with Crippen LogP contribution >= 0.6 is 0 Å². The van der Waals surface area contributed by atoms with Gasteiger partial charge in [0.1, 0.15) is 22.8 Å². The van der Waals surface area contributed by atoms with E-state index in [9.17, 15) is 8.78 Å². The fraction of sp³-hybridized carbons (Fsp3) is 0.500. The number of nitrogens with one attached hydrogen (secondary N) is 3. The van der Waals surface area contributed by atoms with Crippen LogP contribution < -0.4 is 10.6 Å². The number of aryl methyl sites for hydroxylation is 1. The zero-order valence-corrected chi connectivity index (χ0v) is 19.7. The number of hydrogen-bond acceptors (Lipinski definition) is 7. The first-order chi connectivity index (χ1) is 16.9. The molecule has 0 aromatic carbocycles. The molecule has 6 rings (SSSR count). The molecule has 4 aromatic rings. The van der Waals surface area contributed by atoms with Gasteiger partial charge in [-0.1, -0.05) is 0 Å². The van der Waals surface area contributed by atoms with Gasteiger partial charge in [-0.05, 0) is 44.7 Å². The molecule has 0 atom stereocenters. The molecule has 4 aromatic heterocycles. The first-order valence-corrected chi connectivity index (χ1v) is 12.0. The van der Waals surface area contributed by atoms with Crippen LogP contribution in [0.25, 0.3) is 33.5 Å². The molecule has 3 N–H and O–H groups in total. The highest BCUT2D eigenvalue weighted by Gasteiger charge is 2.41. The van der Waals surface area contributed by atoms with E-state index in [0.29, 0.717) is 51.6 Å². The molecular formula is C24H28F2N8O. The van der Waals surface area contributed by atoms with Gasteiger partial charge < -0.3 is 24.9 Å². The maximum atomic E-state index is 13.1. The highest BCUT2D eigenvalue weighted by Crippen LogP contribution is 2.43. The van der Waals surface area contributed by atoms with E-state index in [1.807, 2.05) is 25.4 Å². The van der Waals surface area contributed by atoms with Crippen LogP contribution in [-0.4, -0.2) is 62.2 Å². The number of ether oxygens (including phenoxy) is 1. The van der Waals surface area contributed by atoms with Crippen molar-refractivity contribution < 1.29 is 13.5 Å². The second kappa shape index (κ2) is 8.40.